The summed E-state index contributed by atoms with van der Waals surface area (Å²) in [6.07, 6.45) is 8.91. The van der Waals surface area contributed by atoms with Crippen LogP contribution in [0.3, 0.4) is 0 Å². The van der Waals surface area contributed by atoms with Gasteiger partial charge in [-0.3, -0.25) is 4.68 Å². The zero-order chi connectivity index (χ0) is 23.5. The van der Waals surface area contributed by atoms with E-state index in [4.69, 9.17) is 25.1 Å². The first-order valence-corrected chi connectivity index (χ1v) is 11.8. The van der Waals surface area contributed by atoms with E-state index in [0.717, 1.165) is 78.6 Å². The molecule has 170 valence electrons. The number of fused-ring (bicyclic) bond motifs is 3. The van der Waals surface area contributed by atoms with Crippen molar-refractivity contribution in [1.82, 2.24) is 19.7 Å². The first-order chi connectivity index (χ1) is 16.4. The molecule has 8 heteroatoms. The molecular formula is C26H25N7O. The molecule has 0 spiro atoms. The van der Waals surface area contributed by atoms with Crippen LogP contribution in [0.2, 0.25) is 0 Å². The van der Waals surface area contributed by atoms with Crippen LogP contribution < -0.4 is 10.1 Å². The maximum Gasteiger partial charge on any atom is 0.235 e. The number of hydrogen-bond donors (Lipinski definition) is 1. The van der Waals surface area contributed by atoms with Crippen molar-refractivity contribution >= 4 is 23.1 Å². The molecule has 8 nitrogen and oxygen atoms in total. The van der Waals surface area contributed by atoms with Gasteiger partial charge < -0.3 is 10.1 Å². The molecule has 1 aliphatic heterocycles. The maximum atomic E-state index is 9.36. The van der Waals surface area contributed by atoms with Crippen molar-refractivity contribution in [2.75, 3.05) is 5.32 Å². The Morgan fingerprint density at radius 3 is 2.59 bits per heavy atom. The van der Waals surface area contributed by atoms with Gasteiger partial charge in [-0.25, -0.2) is 0 Å². The normalized spacial score (nSPS) is 24.6. The summed E-state index contributed by atoms with van der Waals surface area (Å²) in [4.78, 5) is 9.59. The molecule has 0 atom stereocenters. The molecule has 3 aromatic rings. The van der Waals surface area contributed by atoms with Gasteiger partial charge in [0.1, 0.15) is 11.1 Å². The Labute approximate surface area is 197 Å². The van der Waals surface area contributed by atoms with Crippen LogP contribution in [0.1, 0.15) is 54.5 Å². The first-order valence-electron chi connectivity index (χ1n) is 11.8. The predicted octanol–water partition coefficient (Wildman–Crippen LogP) is 4.97. The van der Waals surface area contributed by atoms with E-state index in [1.807, 2.05) is 36.7 Å². The fourth-order valence-corrected chi connectivity index (χ4v) is 5.93. The summed E-state index contributed by atoms with van der Waals surface area (Å²) < 4.78 is 8.55. The summed E-state index contributed by atoms with van der Waals surface area (Å²) in [6.45, 7) is 4.88. The van der Waals surface area contributed by atoms with Crippen molar-refractivity contribution in [1.29, 1.82) is 10.5 Å². The van der Waals surface area contributed by atoms with Crippen LogP contribution in [-0.2, 0) is 13.0 Å². The molecule has 0 radical (unpaired) electrons. The number of aromatic nitrogens is 4. The number of anilines is 1. The largest absolute Gasteiger partial charge is 0.437 e. The van der Waals surface area contributed by atoms with Gasteiger partial charge in [-0.15, -0.1) is 0 Å². The van der Waals surface area contributed by atoms with E-state index in [1.54, 1.807) is 6.08 Å². The van der Waals surface area contributed by atoms with Crippen molar-refractivity contribution in [3.05, 3.63) is 40.6 Å². The van der Waals surface area contributed by atoms with E-state index >= 15 is 0 Å². The number of ether oxygens (including phenoxy) is 1. The second-order valence-electron chi connectivity index (χ2n) is 10.1. The van der Waals surface area contributed by atoms with E-state index in [0.29, 0.717) is 17.5 Å². The van der Waals surface area contributed by atoms with Crippen LogP contribution in [0, 0.1) is 41.9 Å². The lowest BCUT2D eigenvalue weighted by Gasteiger charge is -2.66. The Morgan fingerprint density at radius 1 is 1.12 bits per heavy atom. The summed E-state index contributed by atoms with van der Waals surface area (Å²) in [5, 5.41) is 27.4. The minimum atomic E-state index is -0.153. The molecule has 2 aromatic heterocycles. The van der Waals surface area contributed by atoms with Crippen molar-refractivity contribution in [3.63, 3.8) is 0 Å². The lowest BCUT2D eigenvalue weighted by molar-refractivity contribution is -0.0665. The number of nitriles is 2. The highest BCUT2D eigenvalue weighted by molar-refractivity contribution is 5.85. The summed E-state index contributed by atoms with van der Waals surface area (Å²) in [6, 6.07) is 8.49. The Kier molecular flexibility index (Phi) is 4.44. The highest BCUT2D eigenvalue weighted by atomic mass is 16.5. The fraction of sp³-hybridized carbons (Fsp3) is 0.423. The Bertz CT molecular complexity index is 1410. The van der Waals surface area contributed by atoms with Crippen LogP contribution >= 0.6 is 0 Å². The van der Waals surface area contributed by atoms with Gasteiger partial charge in [-0.1, -0.05) is 0 Å². The fourth-order valence-electron chi connectivity index (χ4n) is 5.93. The van der Waals surface area contributed by atoms with Crippen LogP contribution in [0.5, 0.6) is 11.6 Å². The van der Waals surface area contributed by atoms with E-state index < -0.39 is 0 Å². The molecule has 0 unspecified atom stereocenters. The lowest BCUT2D eigenvalue weighted by Crippen LogP contribution is -2.70. The highest BCUT2D eigenvalue weighted by Gasteiger charge is 2.69. The molecule has 3 saturated carbocycles. The van der Waals surface area contributed by atoms with Crippen LogP contribution in [0.25, 0.3) is 17.1 Å². The van der Waals surface area contributed by atoms with Gasteiger partial charge in [-0.05, 0) is 87.3 Å². The number of nitrogens with zero attached hydrogens (tertiary/aromatic N) is 6. The van der Waals surface area contributed by atoms with Crippen LogP contribution in [0.4, 0.5) is 5.95 Å². The number of nitrogens with one attached hydrogen (secondary N) is 1. The molecule has 3 heterocycles. The maximum absolute atomic E-state index is 9.36. The van der Waals surface area contributed by atoms with Crippen molar-refractivity contribution < 1.29 is 4.74 Å². The third-order valence-electron chi connectivity index (χ3n) is 7.38. The molecule has 3 aliphatic carbocycles. The molecule has 34 heavy (non-hydrogen) atoms. The molecule has 2 bridgehead atoms. The van der Waals surface area contributed by atoms with Crippen molar-refractivity contribution in [2.24, 2.45) is 5.41 Å². The average Bonchev–Trinajstić information content (AvgIpc) is 3.14. The van der Waals surface area contributed by atoms with E-state index in [2.05, 4.69) is 11.4 Å². The molecular weight excluding hydrogens is 426 g/mol. The summed E-state index contributed by atoms with van der Waals surface area (Å²) in [7, 11) is 0. The molecule has 1 aromatic carbocycles. The van der Waals surface area contributed by atoms with E-state index in [9.17, 15) is 5.26 Å². The van der Waals surface area contributed by atoms with Gasteiger partial charge in [0, 0.05) is 18.2 Å². The summed E-state index contributed by atoms with van der Waals surface area (Å²) >= 11 is 0. The van der Waals surface area contributed by atoms with Gasteiger partial charge in [0.2, 0.25) is 11.8 Å². The van der Waals surface area contributed by atoms with Gasteiger partial charge >= 0.3 is 0 Å². The second-order valence-corrected chi connectivity index (χ2v) is 10.1. The number of benzene rings is 1. The smallest absolute Gasteiger partial charge is 0.235 e. The van der Waals surface area contributed by atoms with Crippen LogP contribution in [0.15, 0.2) is 18.2 Å². The minimum Gasteiger partial charge on any atom is -0.437 e. The molecule has 1 N–H and O–H groups in total. The topological polar surface area (TPSA) is 112 Å². The molecule has 3 fully saturated rings. The van der Waals surface area contributed by atoms with Gasteiger partial charge in [0.25, 0.3) is 0 Å². The first kappa shape index (κ1) is 20.7. The van der Waals surface area contributed by atoms with Gasteiger partial charge in [0.05, 0.1) is 23.2 Å². The Morgan fingerprint density at radius 2 is 1.88 bits per heavy atom. The van der Waals surface area contributed by atoms with E-state index in [-0.39, 0.29) is 11.0 Å². The molecule has 4 aliphatic rings. The number of hydrogen-bond acceptors (Lipinski definition) is 7. The Hall–Kier alpha value is -3.91. The zero-order valence-electron chi connectivity index (χ0n) is 19.4. The SMILES string of the molecule is Cc1cc(/C=C/C#N)cc(C)c1Oc1nc(NC23CC(C#N)(C2)C3)nc2nn3c(c12)CCCC3. The van der Waals surface area contributed by atoms with Crippen LogP contribution in [-0.4, -0.2) is 25.3 Å². The van der Waals surface area contributed by atoms with E-state index in [1.165, 1.54) is 6.08 Å². The quantitative estimate of drug-likeness (QED) is 0.545. The standard InChI is InChI=1S/C26H25N7O/c1-16-10-18(6-5-8-27)11-17(2)21(16)34-23-20-19-7-3-4-9-33(19)32-22(20)29-24(30-23)31-26-12-25(13-26,14-26)15-28/h5-6,10-11H,3-4,7,9,12-14H2,1-2H3,(H,29,31,32)/b6-5+. The zero-order valence-corrected chi connectivity index (χ0v) is 19.4. The monoisotopic (exact) mass is 451 g/mol. The molecule has 0 saturated heterocycles. The van der Waals surface area contributed by atoms with Crippen molar-refractivity contribution in [3.8, 4) is 23.8 Å². The summed E-state index contributed by atoms with van der Waals surface area (Å²) in [5.74, 6) is 1.78. The third kappa shape index (κ3) is 3.13. The Balaban J connectivity index is 1.41. The predicted molar refractivity (Wildman–Crippen MR) is 127 cm³/mol. The number of allylic oxidation sites excluding steroid dienone is 1. The highest BCUT2D eigenvalue weighted by Crippen LogP contribution is 2.67. The van der Waals surface area contributed by atoms with Gasteiger partial charge in [0.15, 0.2) is 5.65 Å². The molecule has 7 rings (SSSR count). The molecule has 0 amide bonds. The minimum absolute atomic E-state index is 0.0828. The second kappa shape index (κ2) is 7.30. The number of aryl methyl sites for hydroxylation is 4. The third-order valence-corrected chi connectivity index (χ3v) is 7.38. The van der Waals surface area contributed by atoms with Crippen molar-refractivity contribution in [2.45, 2.75) is 64.5 Å². The summed E-state index contributed by atoms with van der Waals surface area (Å²) in [5.41, 5.74) is 4.43. The lowest BCUT2D eigenvalue weighted by atomic mass is 9.40. The number of rotatable bonds is 5. The van der Waals surface area contributed by atoms with Gasteiger partial charge in [-0.2, -0.15) is 25.6 Å². The average molecular weight is 452 g/mol.